The van der Waals surface area contributed by atoms with Crippen molar-refractivity contribution in [2.75, 3.05) is 21.3 Å². The van der Waals surface area contributed by atoms with Crippen molar-refractivity contribution in [2.24, 2.45) is 0 Å². The normalized spacial score (nSPS) is 10.4. The van der Waals surface area contributed by atoms with Crippen LogP contribution in [-0.4, -0.2) is 36.3 Å². The molecule has 0 radical (unpaired) electrons. The van der Waals surface area contributed by atoms with E-state index < -0.39 is 0 Å². The van der Waals surface area contributed by atoms with Crippen LogP contribution >= 0.6 is 0 Å². The third-order valence-electron chi connectivity index (χ3n) is 3.45. The molecule has 1 N–H and O–H groups in total. The Kier molecular flexibility index (Phi) is 4.14. The number of ether oxygens (including phenoxy) is 3. The summed E-state index contributed by atoms with van der Waals surface area (Å²) in [5, 5.41) is 0. The fourth-order valence-corrected chi connectivity index (χ4v) is 2.35. The van der Waals surface area contributed by atoms with Crippen LogP contribution < -0.4 is 14.2 Å². The minimum absolute atomic E-state index is 0.553. The highest BCUT2D eigenvalue weighted by atomic mass is 16.5. The molecule has 0 amide bonds. The standard InChI is InChI=1S/C17H17N3O3/c1-21-14-9-11(10-15(22-2)16(14)23-3)12-6-8-19-17(20-12)13-5-4-7-18-13/h4-10,18H,1-3H3. The lowest BCUT2D eigenvalue weighted by atomic mass is 10.1. The monoisotopic (exact) mass is 311 g/mol. The fourth-order valence-electron chi connectivity index (χ4n) is 2.35. The largest absolute Gasteiger partial charge is 0.493 e. The number of nitrogens with zero attached hydrogens (tertiary/aromatic N) is 2. The van der Waals surface area contributed by atoms with Crippen molar-refractivity contribution in [3.05, 3.63) is 42.7 Å². The van der Waals surface area contributed by atoms with E-state index in [9.17, 15) is 0 Å². The SMILES string of the molecule is COc1cc(-c2ccnc(-c3ccc[nH]3)n2)cc(OC)c1OC. The number of methoxy groups -OCH3 is 3. The molecular weight excluding hydrogens is 294 g/mol. The van der Waals surface area contributed by atoms with E-state index in [0.717, 1.165) is 17.0 Å². The summed E-state index contributed by atoms with van der Waals surface area (Å²) in [4.78, 5) is 12.0. The molecular formula is C17H17N3O3. The Morgan fingerprint density at radius 1 is 0.957 bits per heavy atom. The third-order valence-corrected chi connectivity index (χ3v) is 3.45. The van der Waals surface area contributed by atoms with Crippen LogP contribution in [0.3, 0.4) is 0 Å². The minimum Gasteiger partial charge on any atom is -0.493 e. The van der Waals surface area contributed by atoms with Crippen LogP contribution in [0.2, 0.25) is 0 Å². The summed E-state index contributed by atoms with van der Waals surface area (Å²) in [5.41, 5.74) is 2.48. The molecule has 0 unspecified atom stereocenters. The molecule has 6 nitrogen and oxygen atoms in total. The van der Waals surface area contributed by atoms with E-state index in [1.165, 1.54) is 0 Å². The van der Waals surface area contributed by atoms with Gasteiger partial charge in [0.1, 0.15) is 0 Å². The van der Waals surface area contributed by atoms with Gasteiger partial charge in [0.2, 0.25) is 5.75 Å². The van der Waals surface area contributed by atoms with Crippen molar-refractivity contribution in [2.45, 2.75) is 0 Å². The van der Waals surface area contributed by atoms with Gasteiger partial charge < -0.3 is 19.2 Å². The van der Waals surface area contributed by atoms with E-state index >= 15 is 0 Å². The zero-order valence-corrected chi connectivity index (χ0v) is 13.2. The second-order valence-corrected chi connectivity index (χ2v) is 4.76. The lowest BCUT2D eigenvalue weighted by Gasteiger charge is -2.14. The van der Waals surface area contributed by atoms with Crippen LogP contribution in [0.1, 0.15) is 0 Å². The molecule has 0 aliphatic carbocycles. The lowest BCUT2D eigenvalue weighted by molar-refractivity contribution is 0.324. The molecule has 0 spiro atoms. The zero-order valence-electron chi connectivity index (χ0n) is 13.2. The van der Waals surface area contributed by atoms with Gasteiger partial charge in [-0.1, -0.05) is 0 Å². The molecule has 0 saturated heterocycles. The van der Waals surface area contributed by atoms with E-state index in [-0.39, 0.29) is 0 Å². The first-order valence-electron chi connectivity index (χ1n) is 7.04. The van der Waals surface area contributed by atoms with Crippen LogP contribution in [0.25, 0.3) is 22.8 Å². The van der Waals surface area contributed by atoms with Gasteiger partial charge in [0.25, 0.3) is 0 Å². The average Bonchev–Trinajstić information content (AvgIpc) is 3.15. The summed E-state index contributed by atoms with van der Waals surface area (Å²) in [7, 11) is 4.75. The van der Waals surface area contributed by atoms with Crippen molar-refractivity contribution in [1.82, 2.24) is 15.0 Å². The Hall–Kier alpha value is -3.02. The molecule has 0 fully saturated rings. The molecule has 0 aliphatic heterocycles. The summed E-state index contributed by atoms with van der Waals surface area (Å²) in [6, 6.07) is 9.40. The highest BCUT2D eigenvalue weighted by molar-refractivity contribution is 5.69. The molecule has 118 valence electrons. The summed E-state index contributed by atoms with van der Waals surface area (Å²) in [5.74, 6) is 2.35. The number of benzene rings is 1. The van der Waals surface area contributed by atoms with Crippen LogP contribution in [0.4, 0.5) is 0 Å². The first kappa shape index (κ1) is 14.9. The number of rotatable bonds is 5. The zero-order chi connectivity index (χ0) is 16.2. The molecule has 3 rings (SSSR count). The molecule has 0 aliphatic rings. The van der Waals surface area contributed by atoms with E-state index in [1.54, 1.807) is 27.5 Å². The number of nitrogens with one attached hydrogen (secondary N) is 1. The minimum atomic E-state index is 0.553. The maximum Gasteiger partial charge on any atom is 0.203 e. The summed E-state index contributed by atoms with van der Waals surface area (Å²) in [6.07, 6.45) is 3.56. The van der Waals surface area contributed by atoms with Crippen LogP contribution in [-0.2, 0) is 0 Å². The topological polar surface area (TPSA) is 69.3 Å². The Morgan fingerprint density at radius 3 is 2.26 bits per heavy atom. The highest BCUT2D eigenvalue weighted by Crippen LogP contribution is 2.40. The number of hydrogen-bond acceptors (Lipinski definition) is 5. The maximum atomic E-state index is 5.39. The molecule has 0 bridgehead atoms. The third kappa shape index (κ3) is 2.83. The molecule has 1 aromatic carbocycles. The van der Waals surface area contributed by atoms with Gasteiger partial charge in [-0.05, 0) is 30.3 Å². The maximum absolute atomic E-state index is 5.39. The number of aromatic amines is 1. The first-order chi connectivity index (χ1) is 11.3. The fraction of sp³-hybridized carbons (Fsp3) is 0.176. The van der Waals surface area contributed by atoms with Crippen molar-refractivity contribution in [3.8, 4) is 40.0 Å². The Labute approximate surface area is 134 Å². The van der Waals surface area contributed by atoms with Crippen molar-refractivity contribution in [1.29, 1.82) is 0 Å². The van der Waals surface area contributed by atoms with E-state index in [0.29, 0.717) is 23.1 Å². The highest BCUT2D eigenvalue weighted by Gasteiger charge is 2.15. The van der Waals surface area contributed by atoms with Gasteiger partial charge >= 0.3 is 0 Å². The number of aromatic nitrogens is 3. The summed E-state index contributed by atoms with van der Waals surface area (Å²) < 4.78 is 16.1. The smallest absolute Gasteiger partial charge is 0.203 e. The van der Waals surface area contributed by atoms with Gasteiger partial charge in [0.15, 0.2) is 17.3 Å². The van der Waals surface area contributed by atoms with E-state index in [2.05, 4.69) is 15.0 Å². The van der Waals surface area contributed by atoms with E-state index in [1.807, 2.05) is 36.5 Å². The van der Waals surface area contributed by atoms with Gasteiger partial charge in [0, 0.05) is 18.0 Å². The van der Waals surface area contributed by atoms with Gasteiger partial charge in [-0.2, -0.15) is 0 Å². The first-order valence-corrected chi connectivity index (χ1v) is 7.04. The van der Waals surface area contributed by atoms with Gasteiger partial charge in [-0.25, -0.2) is 9.97 Å². The van der Waals surface area contributed by atoms with Gasteiger partial charge in [-0.15, -0.1) is 0 Å². The van der Waals surface area contributed by atoms with E-state index in [4.69, 9.17) is 14.2 Å². The molecule has 2 aromatic heterocycles. The number of hydrogen-bond donors (Lipinski definition) is 1. The second-order valence-electron chi connectivity index (χ2n) is 4.76. The predicted octanol–water partition coefficient (Wildman–Crippen LogP) is 3.16. The van der Waals surface area contributed by atoms with Crippen molar-refractivity contribution < 1.29 is 14.2 Å². The quantitative estimate of drug-likeness (QED) is 0.784. The molecule has 2 heterocycles. The molecule has 23 heavy (non-hydrogen) atoms. The Balaban J connectivity index is 2.10. The Morgan fingerprint density at radius 2 is 1.70 bits per heavy atom. The number of H-pyrrole nitrogens is 1. The second kappa shape index (κ2) is 6.39. The van der Waals surface area contributed by atoms with Crippen molar-refractivity contribution in [3.63, 3.8) is 0 Å². The summed E-state index contributed by atoms with van der Waals surface area (Å²) in [6.45, 7) is 0. The van der Waals surface area contributed by atoms with Crippen LogP contribution in [0.5, 0.6) is 17.2 Å². The van der Waals surface area contributed by atoms with Crippen molar-refractivity contribution >= 4 is 0 Å². The molecule has 6 heteroatoms. The van der Waals surface area contributed by atoms with Gasteiger partial charge in [0.05, 0.1) is 32.7 Å². The van der Waals surface area contributed by atoms with Gasteiger partial charge in [-0.3, -0.25) is 0 Å². The lowest BCUT2D eigenvalue weighted by Crippen LogP contribution is -1.97. The van der Waals surface area contributed by atoms with Crippen LogP contribution in [0.15, 0.2) is 42.7 Å². The molecule has 3 aromatic rings. The van der Waals surface area contributed by atoms with Crippen LogP contribution in [0, 0.1) is 0 Å². The molecule has 0 atom stereocenters. The molecule has 0 saturated carbocycles. The predicted molar refractivity (Wildman–Crippen MR) is 86.9 cm³/mol. The average molecular weight is 311 g/mol. The summed E-state index contributed by atoms with van der Waals surface area (Å²) >= 11 is 0. The Bertz CT molecular complexity index is 776.